The number of hydrogen-bond acceptors (Lipinski definition) is 4. The maximum absolute atomic E-state index is 9.57. The van der Waals surface area contributed by atoms with E-state index in [9.17, 15) is 5.11 Å². The van der Waals surface area contributed by atoms with Gasteiger partial charge in [0.15, 0.2) is 0 Å². The SMILES string of the molecule is C/C(=C\COc1ccc2c(c1)OC(O)C=C2)CC[C@H]1C(C)(C)[C@H]2CC[C@]1(C)O2. The topological polar surface area (TPSA) is 47.9 Å². The Morgan fingerprint density at radius 1 is 1.32 bits per heavy atom. The van der Waals surface area contributed by atoms with E-state index in [2.05, 4.69) is 33.8 Å². The first kappa shape index (κ1) is 19.5. The Kier molecular flexibility index (Phi) is 5.05. The molecule has 1 aromatic rings. The predicted octanol–water partition coefficient (Wildman–Crippen LogP) is 5.11. The zero-order chi connectivity index (χ0) is 19.9. The average molecular weight is 385 g/mol. The summed E-state index contributed by atoms with van der Waals surface area (Å²) in [6, 6.07) is 5.71. The number of allylic oxidation sites excluding steroid dienone is 1. The molecular weight excluding hydrogens is 352 g/mol. The van der Waals surface area contributed by atoms with Gasteiger partial charge in [0, 0.05) is 11.6 Å². The van der Waals surface area contributed by atoms with E-state index in [-0.39, 0.29) is 11.0 Å². The molecule has 3 heterocycles. The van der Waals surface area contributed by atoms with Crippen molar-refractivity contribution in [2.75, 3.05) is 6.61 Å². The minimum atomic E-state index is -0.883. The molecule has 0 amide bonds. The van der Waals surface area contributed by atoms with Crippen LogP contribution in [0.1, 0.15) is 58.9 Å². The molecule has 2 saturated heterocycles. The lowest BCUT2D eigenvalue weighted by molar-refractivity contribution is 0.00469. The van der Waals surface area contributed by atoms with Crippen molar-refractivity contribution in [1.29, 1.82) is 0 Å². The zero-order valence-electron chi connectivity index (χ0n) is 17.4. The molecular formula is C24H32O4. The third-order valence-electron chi connectivity index (χ3n) is 6.96. The first-order chi connectivity index (χ1) is 13.3. The lowest BCUT2D eigenvalue weighted by Gasteiger charge is -2.39. The van der Waals surface area contributed by atoms with Crippen molar-refractivity contribution in [2.24, 2.45) is 11.3 Å². The molecule has 28 heavy (non-hydrogen) atoms. The third kappa shape index (κ3) is 3.60. The maximum atomic E-state index is 9.57. The Hall–Kier alpha value is -1.78. The zero-order valence-corrected chi connectivity index (χ0v) is 17.4. The molecule has 2 bridgehead atoms. The van der Waals surface area contributed by atoms with Crippen LogP contribution in [0.25, 0.3) is 6.08 Å². The standard InChI is InChI=1S/C24H32O4/c1-16(5-9-20-23(2,3)21-11-13-24(20,4)28-21)12-14-26-18-8-6-17-7-10-22(25)27-19(17)15-18/h6-8,10,12,15,20-22,25H,5,9,11,13-14H2,1-4H3/b16-12+/t20-,21+,22?,24-/m0/s1. The van der Waals surface area contributed by atoms with E-state index < -0.39 is 6.29 Å². The number of aliphatic hydroxyl groups is 1. The first-order valence-electron chi connectivity index (χ1n) is 10.4. The lowest BCUT2D eigenvalue weighted by atomic mass is 9.62. The Bertz CT molecular complexity index is 789. The van der Waals surface area contributed by atoms with Crippen LogP contribution in [0.2, 0.25) is 0 Å². The van der Waals surface area contributed by atoms with E-state index in [0.29, 0.717) is 24.4 Å². The summed E-state index contributed by atoms with van der Waals surface area (Å²) in [6.45, 7) is 9.77. The first-order valence-corrected chi connectivity index (χ1v) is 10.4. The van der Waals surface area contributed by atoms with Crippen molar-refractivity contribution in [3.05, 3.63) is 41.5 Å². The van der Waals surface area contributed by atoms with Gasteiger partial charge in [-0.15, -0.1) is 0 Å². The number of ether oxygens (including phenoxy) is 3. The Morgan fingerprint density at radius 2 is 2.14 bits per heavy atom. The van der Waals surface area contributed by atoms with E-state index in [1.54, 1.807) is 6.08 Å². The fraction of sp³-hybridized carbons (Fsp3) is 0.583. The molecule has 0 aliphatic carbocycles. The number of rotatable bonds is 6. The second-order valence-corrected chi connectivity index (χ2v) is 9.30. The number of fused-ring (bicyclic) bond motifs is 3. The van der Waals surface area contributed by atoms with Crippen LogP contribution in [0.15, 0.2) is 35.9 Å². The van der Waals surface area contributed by atoms with Gasteiger partial charge >= 0.3 is 0 Å². The highest BCUT2D eigenvalue weighted by molar-refractivity contribution is 5.61. The quantitative estimate of drug-likeness (QED) is 0.693. The largest absolute Gasteiger partial charge is 0.489 e. The van der Waals surface area contributed by atoms with Gasteiger partial charge in [-0.1, -0.05) is 19.4 Å². The van der Waals surface area contributed by atoms with Crippen LogP contribution in [0.5, 0.6) is 11.5 Å². The minimum absolute atomic E-state index is 0.0626. The highest BCUT2D eigenvalue weighted by Gasteiger charge is 2.60. The van der Waals surface area contributed by atoms with E-state index in [0.717, 1.165) is 17.7 Å². The second-order valence-electron chi connectivity index (χ2n) is 9.30. The van der Waals surface area contributed by atoms with E-state index in [4.69, 9.17) is 14.2 Å². The predicted molar refractivity (Wildman–Crippen MR) is 110 cm³/mol. The highest BCUT2D eigenvalue weighted by Crippen LogP contribution is 2.59. The summed E-state index contributed by atoms with van der Waals surface area (Å²) in [5.74, 6) is 2.01. The summed E-state index contributed by atoms with van der Waals surface area (Å²) >= 11 is 0. The molecule has 0 saturated carbocycles. The van der Waals surface area contributed by atoms with Crippen molar-refractivity contribution in [1.82, 2.24) is 0 Å². The molecule has 4 nitrogen and oxygen atoms in total. The summed E-state index contributed by atoms with van der Waals surface area (Å²) in [4.78, 5) is 0. The molecule has 2 fully saturated rings. The van der Waals surface area contributed by atoms with Crippen molar-refractivity contribution in [3.8, 4) is 11.5 Å². The molecule has 0 spiro atoms. The molecule has 0 radical (unpaired) electrons. The molecule has 4 atom stereocenters. The van der Waals surface area contributed by atoms with Gasteiger partial charge in [0.25, 0.3) is 0 Å². The molecule has 1 N–H and O–H groups in total. The van der Waals surface area contributed by atoms with E-state index in [1.807, 2.05) is 24.3 Å². The van der Waals surface area contributed by atoms with Crippen LogP contribution in [-0.2, 0) is 4.74 Å². The second kappa shape index (κ2) is 7.23. The monoisotopic (exact) mass is 384 g/mol. The molecule has 4 rings (SSSR count). The summed E-state index contributed by atoms with van der Waals surface area (Å²) in [5, 5.41) is 9.57. The van der Waals surface area contributed by atoms with Crippen LogP contribution in [0, 0.1) is 11.3 Å². The lowest BCUT2D eigenvalue weighted by Crippen LogP contribution is -2.40. The van der Waals surface area contributed by atoms with Gasteiger partial charge < -0.3 is 19.3 Å². The number of benzene rings is 1. The Labute approximate surface area is 168 Å². The van der Waals surface area contributed by atoms with Gasteiger partial charge in [-0.2, -0.15) is 0 Å². The average Bonchev–Trinajstić information content (AvgIpc) is 3.12. The van der Waals surface area contributed by atoms with Gasteiger partial charge in [-0.25, -0.2) is 0 Å². The van der Waals surface area contributed by atoms with Crippen LogP contribution in [0.3, 0.4) is 0 Å². The third-order valence-corrected chi connectivity index (χ3v) is 6.96. The Balaban J connectivity index is 1.30. The summed E-state index contributed by atoms with van der Waals surface area (Å²) < 4.78 is 17.6. The van der Waals surface area contributed by atoms with Crippen LogP contribution in [0.4, 0.5) is 0 Å². The minimum Gasteiger partial charge on any atom is -0.489 e. The summed E-state index contributed by atoms with van der Waals surface area (Å²) in [5.41, 5.74) is 2.64. The van der Waals surface area contributed by atoms with Crippen molar-refractivity contribution < 1.29 is 19.3 Å². The molecule has 3 aliphatic rings. The molecule has 3 aliphatic heterocycles. The van der Waals surface area contributed by atoms with Crippen LogP contribution >= 0.6 is 0 Å². The fourth-order valence-corrected chi connectivity index (χ4v) is 5.28. The molecule has 1 unspecified atom stereocenters. The molecule has 0 aromatic heterocycles. The smallest absolute Gasteiger partial charge is 0.217 e. The maximum Gasteiger partial charge on any atom is 0.217 e. The van der Waals surface area contributed by atoms with Crippen LogP contribution < -0.4 is 9.47 Å². The van der Waals surface area contributed by atoms with Crippen molar-refractivity contribution in [3.63, 3.8) is 0 Å². The van der Waals surface area contributed by atoms with Gasteiger partial charge in [0.1, 0.15) is 18.1 Å². The molecule has 152 valence electrons. The normalized spacial score (nSPS) is 32.9. The van der Waals surface area contributed by atoms with Gasteiger partial charge in [-0.3, -0.25) is 0 Å². The van der Waals surface area contributed by atoms with Crippen molar-refractivity contribution >= 4 is 6.08 Å². The van der Waals surface area contributed by atoms with E-state index in [1.165, 1.54) is 24.8 Å². The van der Waals surface area contributed by atoms with Crippen molar-refractivity contribution in [2.45, 2.75) is 71.4 Å². The highest BCUT2D eigenvalue weighted by atomic mass is 16.6. The summed E-state index contributed by atoms with van der Waals surface area (Å²) in [7, 11) is 0. The molecule has 1 aromatic carbocycles. The number of hydrogen-bond donors (Lipinski definition) is 1. The summed E-state index contributed by atoms with van der Waals surface area (Å²) in [6.07, 6.45) is 9.84. The Morgan fingerprint density at radius 3 is 2.89 bits per heavy atom. The van der Waals surface area contributed by atoms with Gasteiger partial charge in [0.05, 0.1) is 11.7 Å². The van der Waals surface area contributed by atoms with Crippen LogP contribution in [-0.4, -0.2) is 29.7 Å². The van der Waals surface area contributed by atoms with E-state index >= 15 is 0 Å². The van der Waals surface area contributed by atoms with Gasteiger partial charge in [0.2, 0.25) is 6.29 Å². The number of aliphatic hydroxyl groups excluding tert-OH is 1. The fourth-order valence-electron chi connectivity index (χ4n) is 5.28. The van der Waals surface area contributed by atoms with Gasteiger partial charge in [-0.05, 0) is 81.2 Å². The molecule has 4 heteroatoms.